The van der Waals surface area contributed by atoms with Gasteiger partial charge in [-0.15, -0.1) is 0 Å². The Bertz CT molecular complexity index is 809. The molecule has 3 heterocycles. The number of hydrogen-bond donors (Lipinski definition) is 2. The molecule has 3 aromatic rings. The quantitative estimate of drug-likeness (QED) is 0.754. The second-order valence-corrected chi connectivity index (χ2v) is 5.30. The normalized spacial score (nSPS) is 17.2. The van der Waals surface area contributed by atoms with Crippen molar-refractivity contribution in [3.05, 3.63) is 36.0 Å². The van der Waals surface area contributed by atoms with Crippen molar-refractivity contribution in [2.24, 2.45) is 0 Å². The molecule has 6 nitrogen and oxygen atoms in total. The standard InChI is InChI=1S/C15H16N6/c1-9-7-10-5-3-4-6-12(10)21(9)14-11-8-17-20-13(11)18-15(16-2)19-14/h3-6,8-9H,7H2,1-2H3,(H2,16,17,18,19,20). The summed E-state index contributed by atoms with van der Waals surface area (Å²) in [5, 5.41) is 11.0. The summed E-state index contributed by atoms with van der Waals surface area (Å²) in [5.41, 5.74) is 3.32. The number of para-hydroxylation sites is 1. The second-order valence-electron chi connectivity index (χ2n) is 5.30. The van der Waals surface area contributed by atoms with Crippen LogP contribution in [0.3, 0.4) is 0 Å². The van der Waals surface area contributed by atoms with Gasteiger partial charge in [0.15, 0.2) is 5.65 Å². The third-order valence-corrected chi connectivity index (χ3v) is 3.95. The van der Waals surface area contributed by atoms with Crippen molar-refractivity contribution in [3.8, 4) is 0 Å². The minimum Gasteiger partial charge on any atom is -0.357 e. The van der Waals surface area contributed by atoms with Gasteiger partial charge >= 0.3 is 0 Å². The van der Waals surface area contributed by atoms with Gasteiger partial charge in [0.2, 0.25) is 5.95 Å². The highest BCUT2D eigenvalue weighted by Crippen LogP contribution is 2.39. The summed E-state index contributed by atoms with van der Waals surface area (Å²) < 4.78 is 0. The van der Waals surface area contributed by atoms with Crippen LogP contribution in [0.2, 0.25) is 0 Å². The van der Waals surface area contributed by atoms with Gasteiger partial charge in [0.05, 0.1) is 11.6 Å². The van der Waals surface area contributed by atoms with Crippen LogP contribution in [0, 0.1) is 0 Å². The van der Waals surface area contributed by atoms with E-state index in [1.165, 1.54) is 11.3 Å². The van der Waals surface area contributed by atoms with Crippen LogP contribution in [-0.4, -0.2) is 33.3 Å². The summed E-state index contributed by atoms with van der Waals surface area (Å²) in [4.78, 5) is 11.3. The molecule has 1 aliphatic heterocycles. The van der Waals surface area contributed by atoms with Gasteiger partial charge in [-0.2, -0.15) is 15.1 Å². The number of benzene rings is 1. The van der Waals surface area contributed by atoms with Gasteiger partial charge in [-0.05, 0) is 25.0 Å². The summed E-state index contributed by atoms with van der Waals surface area (Å²) in [6.45, 7) is 2.22. The Hall–Kier alpha value is -2.63. The molecule has 21 heavy (non-hydrogen) atoms. The Morgan fingerprint density at radius 3 is 3.00 bits per heavy atom. The molecular weight excluding hydrogens is 264 g/mol. The molecule has 1 unspecified atom stereocenters. The van der Waals surface area contributed by atoms with Gasteiger partial charge in [-0.25, -0.2) is 0 Å². The summed E-state index contributed by atoms with van der Waals surface area (Å²) in [6.07, 6.45) is 2.81. The Balaban J connectivity index is 1.96. The lowest BCUT2D eigenvalue weighted by Gasteiger charge is -2.24. The third kappa shape index (κ3) is 1.75. The van der Waals surface area contributed by atoms with E-state index in [4.69, 9.17) is 0 Å². The van der Waals surface area contributed by atoms with E-state index in [0.717, 1.165) is 23.3 Å². The van der Waals surface area contributed by atoms with Crippen LogP contribution >= 0.6 is 0 Å². The van der Waals surface area contributed by atoms with Crippen LogP contribution in [-0.2, 0) is 6.42 Å². The smallest absolute Gasteiger partial charge is 0.226 e. The molecular formula is C15H16N6. The first kappa shape index (κ1) is 12.1. The Morgan fingerprint density at radius 2 is 2.14 bits per heavy atom. The molecule has 1 aromatic carbocycles. The largest absolute Gasteiger partial charge is 0.357 e. The molecule has 106 valence electrons. The molecule has 1 aliphatic rings. The predicted molar refractivity (Wildman–Crippen MR) is 83.0 cm³/mol. The number of fused-ring (bicyclic) bond motifs is 2. The Kier molecular flexibility index (Phi) is 2.57. The van der Waals surface area contributed by atoms with E-state index < -0.39 is 0 Å². The average molecular weight is 280 g/mol. The van der Waals surface area contributed by atoms with E-state index in [2.05, 4.69) is 61.6 Å². The fraction of sp³-hybridized carbons (Fsp3) is 0.267. The average Bonchev–Trinajstić information content (AvgIpc) is 3.09. The molecule has 6 heteroatoms. The lowest BCUT2D eigenvalue weighted by molar-refractivity contribution is 0.752. The van der Waals surface area contributed by atoms with Gasteiger partial charge in [0.25, 0.3) is 0 Å². The first-order valence-electron chi connectivity index (χ1n) is 7.04. The van der Waals surface area contributed by atoms with Gasteiger partial charge < -0.3 is 10.2 Å². The number of aromatic nitrogens is 4. The zero-order valence-corrected chi connectivity index (χ0v) is 12.0. The number of aromatic amines is 1. The number of hydrogen-bond acceptors (Lipinski definition) is 5. The van der Waals surface area contributed by atoms with Crippen LogP contribution in [0.15, 0.2) is 30.5 Å². The van der Waals surface area contributed by atoms with Crippen molar-refractivity contribution in [2.45, 2.75) is 19.4 Å². The summed E-state index contributed by atoms with van der Waals surface area (Å²) >= 11 is 0. The number of rotatable bonds is 2. The molecule has 4 rings (SSSR count). The highest BCUT2D eigenvalue weighted by atomic mass is 15.3. The van der Waals surface area contributed by atoms with E-state index >= 15 is 0 Å². The van der Waals surface area contributed by atoms with Crippen molar-refractivity contribution in [3.63, 3.8) is 0 Å². The fourth-order valence-electron chi connectivity index (χ4n) is 3.00. The van der Waals surface area contributed by atoms with Crippen LogP contribution in [0.4, 0.5) is 17.5 Å². The first-order valence-corrected chi connectivity index (χ1v) is 7.04. The minimum absolute atomic E-state index is 0.361. The van der Waals surface area contributed by atoms with Gasteiger partial charge in [0.1, 0.15) is 5.82 Å². The maximum Gasteiger partial charge on any atom is 0.226 e. The van der Waals surface area contributed by atoms with Crippen LogP contribution in [0.1, 0.15) is 12.5 Å². The van der Waals surface area contributed by atoms with Crippen molar-refractivity contribution in [2.75, 3.05) is 17.3 Å². The molecule has 0 saturated carbocycles. The summed E-state index contributed by atoms with van der Waals surface area (Å²) in [7, 11) is 1.82. The van der Waals surface area contributed by atoms with E-state index in [-0.39, 0.29) is 0 Å². The zero-order chi connectivity index (χ0) is 14.4. The highest BCUT2D eigenvalue weighted by molar-refractivity contribution is 5.91. The molecule has 0 saturated heterocycles. The lowest BCUT2D eigenvalue weighted by Crippen LogP contribution is -2.25. The highest BCUT2D eigenvalue weighted by Gasteiger charge is 2.29. The Labute approximate surface area is 122 Å². The number of anilines is 3. The van der Waals surface area contributed by atoms with Crippen LogP contribution in [0.5, 0.6) is 0 Å². The molecule has 1 atom stereocenters. The first-order chi connectivity index (χ1) is 10.3. The molecule has 0 radical (unpaired) electrons. The van der Waals surface area contributed by atoms with Gasteiger partial charge in [-0.1, -0.05) is 18.2 Å². The number of H-pyrrole nitrogens is 1. The molecule has 2 aromatic heterocycles. The third-order valence-electron chi connectivity index (χ3n) is 3.95. The van der Waals surface area contributed by atoms with E-state index in [1.807, 2.05) is 7.05 Å². The lowest BCUT2D eigenvalue weighted by atomic mass is 10.1. The van der Waals surface area contributed by atoms with Crippen LogP contribution in [0.25, 0.3) is 11.0 Å². The zero-order valence-electron chi connectivity index (χ0n) is 12.0. The van der Waals surface area contributed by atoms with E-state index in [0.29, 0.717) is 12.0 Å². The van der Waals surface area contributed by atoms with E-state index in [1.54, 1.807) is 6.20 Å². The molecule has 0 fully saturated rings. The minimum atomic E-state index is 0.361. The van der Waals surface area contributed by atoms with Gasteiger partial charge in [-0.3, -0.25) is 5.10 Å². The molecule has 0 amide bonds. The van der Waals surface area contributed by atoms with Crippen LogP contribution < -0.4 is 10.2 Å². The van der Waals surface area contributed by atoms with Crippen molar-refractivity contribution in [1.82, 2.24) is 20.2 Å². The molecule has 0 bridgehead atoms. The second kappa shape index (κ2) is 4.44. The maximum absolute atomic E-state index is 4.67. The molecule has 0 aliphatic carbocycles. The SMILES string of the molecule is CNc1nc(N2c3ccccc3CC2C)c2cn[nH]c2n1. The molecule has 0 spiro atoms. The summed E-state index contributed by atoms with van der Waals surface area (Å²) in [6, 6.07) is 8.84. The maximum atomic E-state index is 4.67. The summed E-state index contributed by atoms with van der Waals surface area (Å²) in [5.74, 6) is 1.49. The fourth-order valence-corrected chi connectivity index (χ4v) is 3.00. The van der Waals surface area contributed by atoms with Crippen molar-refractivity contribution >= 4 is 28.5 Å². The van der Waals surface area contributed by atoms with Gasteiger partial charge in [0, 0.05) is 18.8 Å². The number of nitrogens with one attached hydrogen (secondary N) is 2. The monoisotopic (exact) mass is 280 g/mol. The topological polar surface area (TPSA) is 69.7 Å². The van der Waals surface area contributed by atoms with Crippen molar-refractivity contribution < 1.29 is 0 Å². The predicted octanol–water partition coefficient (Wildman–Crippen LogP) is 2.48. The van der Waals surface area contributed by atoms with E-state index in [9.17, 15) is 0 Å². The van der Waals surface area contributed by atoms with Crippen molar-refractivity contribution in [1.29, 1.82) is 0 Å². The number of nitrogens with zero attached hydrogens (tertiary/aromatic N) is 4. The molecule has 2 N–H and O–H groups in total. The Morgan fingerprint density at radius 1 is 1.29 bits per heavy atom.